The maximum Gasteiger partial charge on any atom is 0.160 e. The molecule has 6 heteroatoms. The van der Waals surface area contributed by atoms with E-state index in [9.17, 15) is 0 Å². The van der Waals surface area contributed by atoms with Crippen molar-refractivity contribution in [3.8, 4) is 0 Å². The summed E-state index contributed by atoms with van der Waals surface area (Å²) in [7, 11) is 0. The number of rotatable bonds is 3. The van der Waals surface area contributed by atoms with Gasteiger partial charge in [-0.2, -0.15) is 10.2 Å². The first-order valence-electron chi connectivity index (χ1n) is 5.93. The predicted molar refractivity (Wildman–Crippen MR) is 73.0 cm³/mol. The van der Waals surface area contributed by atoms with Gasteiger partial charge in [0.05, 0.1) is 18.1 Å². The van der Waals surface area contributed by atoms with Crippen molar-refractivity contribution in [2.75, 3.05) is 0 Å². The van der Waals surface area contributed by atoms with Gasteiger partial charge in [0, 0.05) is 12.4 Å². The highest BCUT2D eigenvalue weighted by Gasteiger charge is 2.13. The predicted octanol–water partition coefficient (Wildman–Crippen LogP) is 2.32. The number of pyridine rings is 1. The van der Waals surface area contributed by atoms with Crippen LogP contribution in [-0.2, 0) is 12.4 Å². The van der Waals surface area contributed by atoms with Crippen molar-refractivity contribution in [1.82, 2.24) is 24.7 Å². The highest BCUT2D eigenvalue weighted by atomic mass is 35.5. The fraction of sp³-hybridized carbons (Fsp3) is 0.231. The van der Waals surface area contributed by atoms with Gasteiger partial charge < -0.3 is 4.57 Å². The number of hydrogen-bond acceptors (Lipinski definition) is 4. The summed E-state index contributed by atoms with van der Waals surface area (Å²) in [6.07, 6.45) is 3.44. The fourth-order valence-corrected chi connectivity index (χ4v) is 2.24. The number of alkyl halides is 1. The van der Waals surface area contributed by atoms with Crippen molar-refractivity contribution in [3.05, 3.63) is 47.7 Å². The largest absolute Gasteiger partial charge is 0.306 e. The lowest BCUT2D eigenvalue weighted by Gasteiger charge is -2.05. The van der Waals surface area contributed by atoms with E-state index in [1.165, 1.54) is 0 Å². The molecule has 0 saturated carbocycles. The van der Waals surface area contributed by atoms with Gasteiger partial charge in [-0.1, -0.05) is 0 Å². The van der Waals surface area contributed by atoms with Gasteiger partial charge in [-0.25, -0.2) is 9.97 Å². The zero-order chi connectivity index (χ0) is 13.2. The number of aryl methyl sites for hydroxylation is 1. The summed E-state index contributed by atoms with van der Waals surface area (Å²) in [5.41, 5.74) is 3.68. The van der Waals surface area contributed by atoms with Gasteiger partial charge in [0.1, 0.15) is 11.3 Å². The molecule has 0 aromatic carbocycles. The summed E-state index contributed by atoms with van der Waals surface area (Å²) in [5, 5.41) is 7.97. The molecule has 3 rings (SSSR count). The molecule has 0 saturated heterocycles. The summed E-state index contributed by atoms with van der Waals surface area (Å²) in [5.74, 6) is 1.14. The lowest BCUT2D eigenvalue weighted by atomic mass is 10.3. The van der Waals surface area contributed by atoms with Crippen molar-refractivity contribution < 1.29 is 0 Å². The van der Waals surface area contributed by atoms with E-state index < -0.39 is 0 Å². The van der Waals surface area contributed by atoms with E-state index in [0.29, 0.717) is 12.4 Å². The van der Waals surface area contributed by atoms with Gasteiger partial charge in [-0.15, -0.1) is 11.6 Å². The number of fused-ring (bicyclic) bond motifs is 1. The molecule has 0 N–H and O–H groups in total. The van der Waals surface area contributed by atoms with Gasteiger partial charge in [0.25, 0.3) is 0 Å². The van der Waals surface area contributed by atoms with Crippen molar-refractivity contribution in [3.63, 3.8) is 0 Å². The average Bonchev–Trinajstić information content (AvgIpc) is 2.80. The molecule has 0 atom stereocenters. The Morgan fingerprint density at radius 3 is 2.89 bits per heavy atom. The highest BCUT2D eigenvalue weighted by molar-refractivity contribution is 6.16. The molecule has 0 aliphatic heterocycles. The number of hydrogen-bond donors (Lipinski definition) is 0. The topological polar surface area (TPSA) is 56.5 Å². The number of imidazole rings is 1. The van der Waals surface area contributed by atoms with Crippen molar-refractivity contribution in [1.29, 1.82) is 0 Å². The number of halogens is 1. The maximum absolute atomic E-state index is 5.97. The molecule has 0 spiro atoms. The van der Waals surface area contributed by atoms with Crippen LogP contribution in [0.15, 0.2) is 30.6 Å². The Balaban J connectivity index is 2.14. The third-order valence-electron chi connectivity index (χ3n) is 2.98. The van der Waals surface area contributed by atoms with Crippen LogP contribution in [0.4, 0.5) is 0 Å². The first kappa shape index (κ1) is 12.0. The SMILES string of the molecule is Cc1ccnc2c1nc(CCl)n2Cc1cccnn1. The van der Waals surface area contributed by atoms with Crippen molar-refractivity contribution in [2.45, 2.75) is 19.3 Å². The first-order chi connectivity index (χ1) is 9.29. The summed E-state index contributed by atoms with van der Waals surface area (Å²) in [6.45, 7) is 2.59. The molecule has 3 heterocycles. The lowest BCUT2D eigenvalue weighted by Crippen LogP contribution is -2.06. The molecule has 0 amide bonds. The van der Waals surface area contributed by atoms with E-state index >= 15 is 0 Å². The van der Waals surface area contributed by atoms with Crippen LogP contribution in [0.1, 0.15) is 17.1 Å². The van der Waals surface area contributed by atoms with E-state index in [-0.39, 0.29) is 0 Å². The van der Waals surface area contributed by atoms with Crippen LogP contribution in [0.5, 0.6) is 0 Å². The molecule has 0 bridgehead atoms. The number of aromatic nitrogens is 5. The molecule has 0 aliphatic carbocycles. The molecule has 0 fully saturated rings. The molecule has 0 aliphatic rings. The number of nitrogens with zero attached hydrogens (tertiary/aromatic N) is 5. The second-order valence-electron chi connectivity index (χ2n) is 4.26. The summed E-state index contributed by atoms with van der Waals surface area (Å²) in [4.78, 5) is 8.95. The van der Waals surface area contributed by atoms with Crippen molar-refractivity contribution in [2.24, 2.45) is 0 Å². The van der Waals surface area contributed by atoms with Crippen LogP contribution < -0.4 is 0 Å². The lowest BCUT2D eigenvalue weighted by molar-refractivity contribution is 0.734. The third kappa shape index (κ3) is 2.17. The Labute approximate surface area is 115 Å². The molecular weight excluding hydrogens is 262 g/mol. The maximum atomic E-state index is 5.97. The Morgan fingerprint density at radius 2 is 2.16 bits per heavy atom. The highest BCUT2D eigenvalue weighted by Crippen LogP contribution is 2.19. The summed E-state index contributed by atoms with van der Waals surface area (Å²) in [6, 6.07) is 5.73. The van der Waals surface area contributed by atoms with Crippen LogP contribution >= 0.6 is 11.6 Å². The average molecular weight is 274 g/mol. The van der Waals surface area contributed by atoms with Gasteiger partial charge in [0.15, 0.2) is 5.65 Å². The van der Waals surface area contributed by atoms with Crippen LogP contribution in [0.3, 0.4) is 0 Å². The normalized spacial score (nSPS) is 11.1. The zero-order valence-electron chi connectivity index (χ0n) is 10.4. The Hall–Kier alpha value is -2.01. The van der Waals surface area contributed by atoms with Gasteiger partial charge in [-0.05, 0) is 30.7 Å². The van der Waals surface area contributed by atoms with E-state index in [1.54, 1.807) is 12.4 Å². The molecule has 19 heavy (non-hydrogen) atoms. The second kappa shape index (κ2) is 4.93. The van der Waals surface area contributed by atoms with Gasteiger partial charge in [-0.3, -0.25) is 0 Å². The quantitative estimate of drug-likeness (QED) is 0.687. The molecule has 0 unspecified atom stereocenters. The van der Waals surface area contributed by atoms with E-state index in [1.807, 2.05) is 29.7 Å². The van der Waals surface area contributed by atoms with Gasteiger partial charge >= 0.3 is 0 Å². The van der Waals surface area contributed by atoms with E-state index in [2.05, 4.69) is 20.2 Å². The Kier molecular flexibility index (Phi) is 3.13. The Bertz CT molecular complexity index is 708. The fourth-order valence-electron chi connectivity index (χ4n) is 2.03. The molecule has 3 aromatic rings. The minimum Gasteiger partial charge on any atom is -0.306 e. The van der Waals surface area contributed by atoms with Crippen LogP contribution in [-0.4, -0.2) is 24.7 Å². The monoisotopic (exact) mass is 273 g/mol. The Morgan fingerprint density at radius 1 is 1.26 bits per heavy atom. The van der Waals surface area contributed by atoms with Crippen LogP contribution in [0, 0.1) is 6.92 Å². The van der Waals surface area contributed by atoms with Crippen LogP contribution in [0.2, 0.25) is 0 Å². The molecule has 0 radical (unpaired) electrons. The third-order valence-corrected chi connectivity index (χ3v) is 3.22. The van der Waals surface area contributed by atoms with E-state index in [0.717, 1.165) is 28.2 Å². The van der Waals surface area contributed by atoms with E-state index in [4.69, 9.17) is 11.6 Å². The molecular formula is C13H12ClN5. The smallest absolute Gasteiger partial charge is 0.160 e. The van der Waals surface area contributed by atoms with Crippen LogP contribution in [0.25, 0.3) is 11.2 Å². The standard InChI is InChI=1S/C13H12ClN5/c1-9-4-6-15-13-12(9)17-11(7-14)19(13)8-10-3-2-5-16-18-10/h2-6H,7-8H2,1H3. The zero-order valence-corrected chi connectivity index (χ0v) is 11.2. The minimum atomic E-state index is 0.343. The molecule has 5 nitrogen and oxygen atoms in total. The first-order valence-corrected chi connectivity index (χ1v) is 6.46. The molecule has 3 aromatic heterocycles. The minimum absolute atomic E-state index is 0.343. The summed E-state index contributed by atoms with van der Waals surface area (Å²) >= 11 is 5.97. The van der Waals surface area contributed by atoms with Crippen molar-refractivity contribution >= 4 is 22.8 Å². The second-order valence-corrected chi connectivity index (χ2v) is 4.53. The summed E-state index contributed by atoms with van der Waals surface area (Å²) < 4.78 is 1.99. The van der Waals surface area contributed by atoms with Gasteiger partial charge in [0.2, 0.25) is 0 Å². The molecule has 96 valence electrons.